The van der Waals surface area contributed by atoms with Gasteiger partial charge in [-0.2, -0.15) is 0 Å². The van der Waals surface area contributed by atoms with Crippen LogP contribution in [0.5, 0.6) is 0 Å². The summed E-state index contributed by atoms with van der Waals surface area (Å²) < 4.78 is 26.9. The van der Waals surface area contributed by atoms with Crippen molar-refractivity contribution in [1.82, 2.24) is 4.90 Å². The lowest BCUT2D eigenvalue weighted by molar-refractivity contribution is 0.0827. The van der Waals surface area contributed by atoms with Gasteiger partial charge in [-0.15, -0.1) is 0 Å². The molecule has 1 saturated carbocycles. The van der Waals surface area contributed by atoms with E-state index in [-0.39, 0.29) is 11.2 Å². The van der Waals surface area contributed by atoms with Crippen LogP contribution in [0.1, 0.15) is 23.2 Å². The minimum atomic E-state index is -3.32. The van der Waals surface area contributed by atoms with Crippen LogP contribution in [-0.4, -0.2) is 38.6 Å². The predicted octanol–water partition coefficient (Wildman–Crippen LogP) is 2.05. The molecule has 0 unspecified atom stereocenters. The molecule has 104 valence electrons. The zero-order valence-electron chi connectivity index (χ0n) is 10.7. The Balaban J connectivity index is 2.29. The molecule has 1 aromatic carbocycles. The maximum Gasteiger partial charge on any atom is 0.253 e. The number of hydrogen-bond acceptors (Lipinski definition) is 3. The van der Waals surface area contributed by atoms with E-state index in [1.165, 1.54) is 4.90 Å². The molecule has 1 aliphatic carbocycles. The Labute approximate surface area is 121 Å². The summed E-state index contributed by atoms with van der Waals surface area (Å²) in [5, 5.41) is -0.292. The topological polar surface area (TPSA) is 66.5 Å². The Kier molecular flexibility index (Phi) is 3.87. The Morgan fingerprint density at radius 3 is 2.47 bits per heavy atom. The molecule has 0 saturated heterocycles. The molecule has 7 heteroatoms. The van der Waals surface area contributed by atoms with Gasteiger partial charge in [0.25, 0.3) is 5.91 Å². The van der Waals surface area contributed by atoms with Crippen LogP contribution in [0.15, 0.2) is 22.7 Å². The largest absolute Gasteiger partial charge is 0.345 e. The molecule has 0 aromatic heterocycles. The number of nitrogens with zero attached hydrogens (tertiary/aromatic N) is 1. The molecule has 0 spiro atoms. The van der Waals surface area contributed by atoms with Crippen molar-refractivity contribution >= 4 is 37.5 Å². The third-order valence-corrected chi connectivity index (χ3v) is 5.10. The van der Waals surface area contributed by atoms with E-state index in [4.69, 9.17) is 0 Å². The summed E-state index contributed by atoms with van der Waals surface area (Å²) in [5.41, 5.74) is 0.847. The molecule has 1 aliphatic rings. The number of halogens is 1. The second-order valence-electron chi connectivity index (χ2n) is 4.77. The van der Waals surface area contributed by atoms with Crippen molar-refractivity contribution in [2.45, 2.75) is 18.1 Å². The fraction of sp³-hybridized carbons (Fsp3) is 0.417. The summed E-state index contributed by atoms with van der Waals surface area (Å²) in [6, 6.07) is 4.86. The van der Waals surface area contributed by atoms with Crippen LogP contribution in [0.25, 0.3) is 0 Å². The summed E-state index contributed by atoms with van der Waals surface area (Å²) in [5.74, 6) is -0.173. The van der Waals surface area contributed by atoms with E-state index in [0.29, 0.717) is 28.6 Å². The van der Waals surface area contributed by atoms with Crippen LogP contribution in [0.2, 0.25) is 0 Å². The van der Waals surface area contributed by atoms with E-state index in [9.17, 15) is 13.2 Å². The van der Waals surface area contributed by atoms with Gasteiger partial charge in [-0.3, -0.25) is 9.52 Å². The van der Waals surface area contributed by atoms with Gasteiger partial charge in [-0.05, 0) is 31.0 Å². The van der Waals surface area contributed by atoms with E-state index >= 15 is 0 Å². The molecule has 1 amide bonds. The average molecular weight is 347 g/mol. The number of hydrogen-bond donors (Lipinski definition) is 1. The highest BCUT2D eigenvalue weighted by Gasteiger charge is 2.35. The van der Waals surface area contributed by atoms with E-state index < -0.39 is 10.0 Å². The third-order valence-electron chi connectivity index (χ3n) is 2.77. The third kappa shape index (κ3) is 3.48. The van der Waals surface area contributed by atoms with Crippen molar-refractivity contribution in [3.05, 3.63) is 28.2 Å². The van der Waals surface area contributed by atoms with Gasteiger partial charge in [-0.25, -0.2) is 8.42 Å². The van der Waals surface area contributed by atoms with Gasteiger partial charge in [0.05, 0.1) is 10.9 Å². The van der Waals surface area contributed by atoms with Crippen molar-refractivity contribution in [2.24, 2.45) is 0 Å². The van der Waals surface area contributed by atoms with Crippen LogP contribution in [-0.2, 0) is 10.0 Å². The van der Waals surface area contributed by atoms with Crippen LogP contribution in [0.4, 0.5) is 5.69 Å². The predicted molar refractivity (Wildman–Crippen MR) is 77.7 cm³/mol. The molecule has 0 bridgehead atoms. The first-order valence-electron chi connectivity index (χ1n) is 5.83. The summed E-state index contributed by atoms with van der Waals surface area (Å²) in [6.45, 7) is 0. The van der Waals surface area contributed by atoms with Gasteiger partial charge in [0.1, 0.15) is 0 Å². The molecule has 1 N–H and O–H groups in total. The van der Waals surface area contributed by atoms with Crippen molar-refractivity contribution in [2.75, 3.05) is 18.8 Å². The Morgan fingerprint density at radius 2 is 1.95 bits per heavy atom. The molecule has 0 aliphatic heterocycles. The minimum Gasteiger partial charge on any atom is -0.345 e. The van der Waals surface area contributed by atoms with Gasteiger partial charge < -0.3 is 4.90 Å². The van der Waals surface area contributed by atoms with Crippen LogP contribution in [0.3, 0.4) is 0 Å². The van der Waals surface area contributed by atoms with Crippen molar-refractivity contribution in [3.63, 3.8) is 0 Å². The molecule has 1 fully saturated rings. The van der Waals surface area contributed by atoms with Crippen LogP contribution < -0.4 is 4.72 Å². The maximum absolute atomic E-state index is 11.9. The smallest absolute Gasteiger partial charge is 0.253 e. The number of carbonyl (C=O) groups excluding carboxylic acids is 1. The number of carbonyl (C=O) groups is 1. The second-order valence-corrected chi connectivity index (χ2v) is 7.65. The molecule has 0 heterocycles. The minimum absolute atomic E-state index is 0.173. The van der Waals surface area contributed by atoms with Gasteiger partial charge in [-0.1, -0.05) is 15.9 Å². The highest BCUT2D eigenvalue weighted by atomic mass is 79.9. The molecule has 0 radical (unpaired) electrons. The standard InChI is InChI=1S/C12H15BrN2O3S/c1-15(2)12(16)8-5-9(13)7-10(6-8)14-19(17,18)11-3-4-11/h5-7,11,14H,3-4H2,1-2H3. The molecule has 0 atom stereocenters. The zero-order valence-corrected chi connectivity index (χ0v) is 13.1. The van der Waals surface area contributed by atoms with Crippen molar-refractivity contribution < 1.29 is 13.2 Å². The Morgan fingerprint density at radius 1 is 1.32 bits per heavy atom. The number of benzene rings is 1. The summed E-state index contributed by atoms with van der Waals surface area (Å²) in [6.07, 6.45) is 1.40. The lowest BCUT2D eigenvalue weighted by Crippen LogP contribution is -2.22. The first kappa shape index (κ1) is 14.3. The lowest BCUT2D eigenvalue weighted by atomic mass is 10.2. The number of anilines is 1. The zero-order chi connectivity index (χ0) is 14.2. The van der Waals surface area contributed by atoms with E-state index in [0.717, 1.165) is 0 Å². The first-order chi connectivity index (χ1) is 8.79. The quantitative estimate of drug-likeness (QED) is 0.907. The summed E-state index contributed by atoms with van der Waals surface area (Å²) >= 11 is 3.29. The van der Waals surface area contributed by atoms with Crippen LogP contribution >= 0.6 is 15.9 Å². The molecular weight excluding hydrogens is 332 g/mol. The number of nitrogens with one attached hydrogen (secondary N) is 1. The van der Waals surface area contributed by atoms with Gasteiger partial charge in [0.2, 0.25) is 10.0 Å². The van der Waals surface area contributed by atoms with Gasteiger partial charge in [0, 0.05) is 24.1 Å². The highest BCUT2D eigenvalue weighted by molar-refractivity contribution is 9.10. The Hall–Kier alpha value is -1.08. The fourth-order valence-electron chi connectivity index (χ4n) is 1.66. The molecule has 2 rings (SSSR count). The first-order valence-corrected chi connectivity index (χ1v) is 8.17. The van der Waals surface area contributed by atoms with E-state index in [1.807, 2.05) is 0 Å². The fourth-order valence-corrected chi connectivity index (χ4v) is 3.52. The molecule has 5 nitrogen and oxygen atoms in total. The van der Waals surface area contributed by atoms with E-state index in [2.05, 4.69) is 20.7 Å². The summed E-state index contributed by atoms with van der Waals surface area (Å²) in [7, 11) is -0.0152. The highest BCUT2D eigenvalue weighted by Crippen LogP contribution is 2.30. The normalized spacial score (nSPS) is 15.1. The van der Waals surface area contributed by atoms with Gasteiger partial charge >= 0.3 is 0 Å². The molecule has 1 aromatic rings. The molecule has 19 heavy (non-hydrogen) atoms. The van der Waals surface area contributed by atoms with Crippen molar-refractivity contribution in [3.8, 4) is 0 Å². The Bertz CT molecular complexity index is 609. The average Bonchev–Trinajstić information content (AvgIpc) is 3.10. The van der Waals surface area contributed by atoms with E-state index in [1.54, 1.807) is 32.3 Å². The second kappa shape index (κ2) is 5.13. The van der Waals surface area contributed by atoms with Gasteiger partial charge in [0.15, 0.2) is 0 Å². The maximum atomic E-state index is 11.9. The summed E-state index contributed by atoms with van der Waals surface area (Å²) in [4.78, 5) is 13.3. The number of amides is 1. The number of rotatable bonds is 4. The number of sulfonamides is 1. The van der Waals surface area contributed by atoms with Crippen molar-refractivity contribution in [1.29, 1.82) is 0 Å². The lowest BCUT2D eigenvalue weighted by Gasteiger charge is -2.13. The molecular formula is C12H15BrN2O3S. The monoisotopic (exact) mass is 346 g/mol. The SMILES string of the molecule is CN(C)C(=O)c1cc(Br)cc(NS(=O)(=O)C2CC2)c1. The van der Waals surface area contributed by atoms with Crippen LogP contribution in [0, 0.1) is 0 Å².